The first-order chi connectivity index (χ1) is 9.66. The van der Waals surface area contributed by atoms with Gasteiger partial charge in [0.05, 0.1) is 17.8 Å². The Morgan fingerprint density at radius 2 is 2.05 bits per heavy atom. The molecule has 2 aliphatic rings. The molecule has 1 fully saturated rings. The third-order valence-electron chi connectivity index (χ3n) is 3.29. The minimum atomic E-state index is -0.565. The van der Waals surface area contributed by atoms with Crippen LogP contribution in [0.1, 0.15) is 42.7 Å². The topological polar surface area (TPSA) is 79.4 Å². The molecule has 3 heterocycles. The van der Waals surface area contributed by atoms with Gasteiger partial charge in [-0.05, 0) is 18.6 Å². The Morgan fingerprint density at radius 1 is 1.30 bits per heavy atom. The fourth-order valence-corrected chi connectivity index (χ4v) is 2.38. The van der Waals surface area contributed by atoms with Gasteiger partial charge in [0.1, 0.15) is 6.04 Å². The third-order valence-corrected chi connectivity index (χ3v) is 3.29. The third kappa shape index (κ3) is 2.41. The monoisotopic (exact) mass is 275 g/mol. The number of imide groups is 1. The smallest absolute Gasteiger partial charge is 0.256 e. The van der Waals surface area contributed by atoms with E-state index >= 15 is 0 Å². The van der Waals surface area contributed by atoms with Crippen molar-refractivity contribution in [2.75, 3.05) is 0 Å². The lowest BCUT2D eigenvalue weighted by Crippen LogP contribution is -2.52. The molecule has 0 radical (unpaired) electrons. The maximum Gasteiger partial charge on any atom is 0.256 e. The maximum absolute atomic E-state index is 12.1. The van der Waals surface area contributed by atoms with Crippen molar-refractivity contribution in [3.05, 3.63) is 29.6 Å². The number of fused-ring (bicyclic) bond motifs is 1. The van der Waals surface area contributed by atoms with E-state index in [9.17, 15) is 14.4 Å². The zero-order valence-electron chi connectivity index (χ0n) is 11.5. The number of hydrogen-bond donors (Lipinski definition) is 1. The van der Waals surface area contributed by atoms with Crippen LogP contribution in [0.5, 0.6) is 0 Å². The van der Waals surface area contributed by atoms with Crippen molar-refractivity contribution in [3.8, 4) is 0 Å². The molecule has 1 unspecified atom stereocenters. The fourth-order valence-electron chi connectivity index (χ4n) is 2.38. The van der Waals surface area contributed by atoms with Crippen LogP contribution in [-0.4, -0.2) is 33.6 Å². The molecule has 1 saturated heterocycles. The molecular weight excluding hydrogens is 258 g/mol. The molecule has 1 aromatic heterocycles. The highest BCUT2D eigenvalue weighted by atomic mass is 16.2. The van der Waals surface area contributed by atoms with Crippen LogP contribution < -0.4 is 5.32 Å². The van der Waals surface area contributed by atoms with Crippen molar-refractivity contribution in [1.29, 1.82) is 0 Å². The van der Waals surface area contributed by atoms with E-state index in [0.29, 0.717) is 24.2 Å². The van der Waals surface area contributed by atoms with Crippen LogP contribution in [0.2, 0.25) is 0 Å². The summed E-state index contributed by atoms with van der Waals surface area (Å²) in [4.78, 5) is 40.6. The van der Waals surface area contributed by atoms with Crippen molar-refractivity contribution < 1.29 is 14.4 Å². The van der Waals surface area contributed by atoms with E-state index < -0.39 is 11.9 Å². The summed E-state index contributed by atoms with van der Waals surface area (Å²) in [6.45, 7) is 4.33. The summed E-state index contributed by atoms with van der Waals surface area (Å²) in [5.41, 5.74) is 1.23. The zero-order valence-corrected chi connectivity index (χ0v) is 11.5. The Bertz CT molecular complexity index is 556. The Labute approximate surface area is 117 Å². The minimum absolute atomic E-state index is 0.187. The Hall–Kier alpha value is -2.24. The molecular formula is C14H17N3O3. The highest BCUT2D eigenvalue weighted by molar-refractivity contribution is 6.05. The average Bonchev–Trinajstić information content (AvgIpc) is 2.79. The molecule has 0 aromatic carbocycles. The second-order valence-corrected chi connectivity index (χ2v) is 4.40. The number of nitrogens with zero attached hydrogens (tertiary/aromatic N) is 2. The standard InChI is InChI=1S/C12H11N3O3.C2H6/c16-10-4-3-9(11(17)14-10)15-6-8-7(12(15)18)2-1-5-13-8;1-2/h1-2,5,9H,3-4,6H2,(H,14,16,17);1-2H3. The van der Waals surface area contributed by atoms with Gasteiger partial charge >= 0.3 is 0 Å². The van der Waals surface area contributed by atoms with Crippen LogP contribution in [-0.2, 0) is 16.1 Å². The summed E-state index contributed by atoms with van der Waals surface area (Å²) in [5.74, 6) is -0.862. The Morgan fingerprint density at radius 3 is 2.70 bits per heavy atom. The molecule has 0 bridgehead atoms. The minimum Gasteiger partial charge on any atom is -0.321 e. The van der Waals surface area contributed by atoms with E-state index in [4.69, 9.17) is 0 Å². The van der Waals surface area contributed by atoms with Crippen molar-refractivity contribution in [3.63, 3.8) is 0 Å². The summed E-state index contributed by atoms with van der Waals surface area (Å²) in [6, 6.07) is 2.84. The SMILES string of the molecule is CC.O=C1CCC(N2Cc3ncccc3C2=O)C(=O)N1. The number of nitrogens with one attached hydrogen (secondary N) is 1. The van der Waals surface area contributed by atoms with E-state index in [-0.39, 0.29) is 18.2 Å². The van der Waals surface area contributed by atoms with Gasteiger partial charge in [-0.15, -0.1) is 0 Å². The van der Waals surface area contributed by atoms with Gasteiger partial charge in [-0.2, -0.15) is 0 Å². The normalized spacial score (nSPS) is 21.0. The molecule has 20 heavy (non-hydrogen) atoms. The van der Waals surface area contributed by atoms with E-state index in [0.717, 1.165) is 0 Å². The number of amides is 3. The van der Waals surface area contributed by atoms with E-state index in [1.165, 1.54) is 4.90 Å². The van der Waals surface area contributed by atoms with Crippen molar-refractivity contribution in [2.24, 2.45) is 0 Å². The lowest BCUT2D eigenvalue weighted by atomic mass is 10.0. The molecule has 1 aromatic rings. The molecule has 0 aliphatic carbocycles. The van der Waals surface area contributed by atoms with Crippen LogP contribution in [0.25, 0.3) is 0 Å². The number of rotatable bonds is 1. The summed E-state index contributed by atoms with van der Waals surface area (Å²) in [7, 11) is 0. The summed E-state index contributed by atoms with van der Waals surface area (Å²) in [6.07, 6.45) is 2.27. The fraction of sp³-hybridized carbons (Fsp3) is 0.429. The van der Waals surface area contributed by atoms with E-state index in [2.05, 4.69) is 10.3 Å². The predicted molar refractivity (Wildman–Crippen MR) is 71.6 cm³/mol. The van der Waals surface area contributed by atoms with Crippen molar-refractivity contribution in [1.82, 2.24) is 15.2 Å². The molecule has 6 heteroatoms. The summed E-state index contributed by atoms with van der Waals surface area (Å²) < 4.78 is 0. The number of carbonyl (C=O) groups is 3. The zero-order chi connectivity index (χ0) is 14.7. The van der Waals surface area contributed by atoms with E-state index in [1.807, 2.05) is 13.8 Å². The molecule has 3 rings (SSSR count). The second kappa shape index (κ2) is 5.81. The van der Waals surface area contributed by atoms with Gasteiger partial charge in [-0.3, -0.25) is 24.7 Å². The van der Waals surface area contributed by atoms with Gasteiger partial charge in [-0.25, -0.2) is 0 Å². The van der Waals surface area contributed by atoms with Crippen LogP contribution in [0.4, 0.5) is 0 Å². The van der Waals surface area contributed by atoms with Gasteiger partial charge in [0.2, 0.25) is 11.8 Å². The molecule has 1 N–H and O–H groups in total. The maximum atomic E-state index is 12.1. The largest absolute Gasteiger partial charge is 0.321 e. The number of carbonyl (C=O) groups excluding carboxylic acids is 3. The average molecular weight is 275 g/mol. The molecule has 106 valence electrons. The second-order valence-electron chi connectivity index (χ2n) is 4.40. The highest BCUT2D eigenvalue weighted by Gasteiger charge is 2.39. The molecule has 6 nitrogen and oxygen atoms in total. The molecule has 2 aliphatic heterocycles. The molecule has 1 atom stereocenters. The molecule has 0 saturated carbocycles. The van der Waals surface area contributed by atoms with Gasteiger partial charge in [0.25, 0.3) is 5.91 Å². The first kappa shape index (κ1) is 14.2. The lowest BCUT2D eigenvalue weighted by molar-refractivity contribution is -0.136. The molecule has 0 spiro atoms. The highest BCUT2D eigenvalue weighted by Crippen LogP contribution is 2.25. The van der Waals surface area contributed by atoms with Gasteiger partial charge in [-0.1, -0.05) is 13.8 Å². The van der Waals surface area contributed by atoms with Gasteiger partial charge in [0, 0.05) is 12.6 Å². The van der Waals surface area contributed by atoms with Crippen LogP contribution in [0.3, 0.4) is 0 Å². The summed E-state index contributed by atoms with van der Waals surface area (Å²) >= 11 is 0. The molecule has 3 amide bonds. The van der Waals surface area contributed by atoms with Crippen LogP contribution >= 0.6 is 0 Å². The number of piperidine rings is 1. The predicted octanol–water partition coefficient (Wildman–Crippen LogP) is 0.869. The Kier molecular flexibility index (Phi) is 4.12. The van der Waals surface area contributed by atoms with E-state index in [1.54, 1.807) is 18.3 Å². The van der Waals surface area contributed by atoms with Crippen LogP contribution in [0, 0.1) is 0 Å². The quantitative estimate of drug-likeness (QED) is 0.771. The van der Waals surface area contributed by atoms with Crippen LogP contribution in [0.15, 0.2) is 18.3 Å². The van der Waals surface area contributed by atoms with Crippen molar-refractivity contribution >= 4 is 17.7 Å². The number of aromatic nitrogens is 1. The van der Waals surface area contributed by atoms with Gasteiger partial charge in [0.15, 0.2) is 0 Å². The van der Waals surface area contributed by atoms with Crippen molar-refractivity contribution in [2.45, 2.75) is 39.3 Å². The Balaban J connectivity index is 0.000000704. The summed E-state index contributed by atoms with van der Waals surface area (Å²) in [5, 5.41) is 2.26. The lowest BCUT2D eigenvalue weighted by Gasteiger charge is -2.29. The number of pyridine rings is 1. The first-order valence-electron chi connectivity index (χ1n) is 6.75. The first-order valence-corrected chi connectivity index (χ1v) is 6.75. The number of hydrogen-bond acceptors (Lipinski definition) is 4. The van der Waals surface area contributed by atoms with Gasteiger partial charge < -0.3 is 4.90 Å².